The van der Waals surface area contributed by atoms with Crippen LogP contribution >= 0.6 is 0 Å². The number of carbonyl (C=O) groups excluding carboxylic acids is 2. The van der Waals surface area contributed by atoms with Crippen molar-refractivity contribution in [2.45, 2.75) is 12.5 Å². The highest BCUT2D eigenvalue weighted by molar-refractivity contribution is 5.92. The fourth-order valence-electron chi connectivity index (χ4n) is 1.59. The molecule has 21 heavy (non-hydrogen) atoms. The van der Waals surface area contributed by atoms with E-state index in [2.05, 4.69) is 25.9 Å². The van der Waals surface area contributed by atoms with Gasteiger partial charge in [0.2, 0.25) is 5.91 Å². The Kier molecular flexibility index (Phi) is 4.94. The number of nitrogens with zero attached hydrogens (tertiary/aromatic N) is 4. The number of nitrogens with one attached hydrogen (secondary N) is 2. The molecule has 0 unspecified atom stereocenters. The van der Waals surface area contributed by atoms with Crippen molar-refractivity contribution >= 4 is 11.8 Å². The van der Waals surface area contributed by atoms with Crippen LogP contribution in [0.15, 0.2) is 37.2 Å². The topological polar surface area (TPSA) is 122 Å². The van der Waals surface area contributed by atoms with E-state index in [1.807, 2.05) is 0 Å². The van der Waals surface area contributed by atoms with Crippen molar-refractivity contribution < 1.29 is 14.7 Å². The SMILES string of the molecule is O=C(Cc1ccncc1)N[C@@H](CO)C(=O)Nn1cnnc1. The molecule has 2 heterocycles. The summed E-state index contributed by atoms with van der Waals surface area (Å²) in [6.07, 6.45) is 5.81. The lowest BCUT2D eigenvalue weighted by molar-refractivity contribution is -0.127. The minimum absolute atomic E-state index is 0.0962. The Morgan fingerprint density at radius 2 is 1.90 bits per heavy atom. The number of carbonyl (C=O) groups is 2. The molecule has 9 heteroatoms. The number of hydrogen-bond acceptors (Lipinski definition) is 6. The maximum Gasteiger partial charge on any atom is 0.263 e. The molecule has 0 bridgehead atoms. The summed E-state index contributed by atoms with van der Waals surface area (Å²) in [6.45, 7) is -0.518. The summed E-state index contributed by atoms with van der Waals surface area (Å²) in [4.78, 5) is 27.5. The zero-order chi connectivity index (χ0) is 15.1. The van der Waals surface area contributed by atoms with E-state index in [0.717, 1.165) is 5.56 Å². The van der Waals surface area contributed by atoms with Crippen molar-refractivity contribution in [1.82, 2.24) is 25.2 Å². The molecule has 0 saturated carbocycles. The van der Waals surface area contributed by atoms with Crippen molar-refractivity contribution in [1.29, 1.82) is 0 Å². The number of pyridine rings is 1. The van der Waals surface area contributed by atoms with Gasteiger partial charge in [0, 0.05) is 12.4 Å². The molecule has 0 spiro atoms. The maximum atomic E-state index is 11.9. The molecule has 3 N–H and O–H groups in total. The molecule has 0 fully saturated rings. The van der Waals surface area contributed by atoms with Crippen LogP contribution in [0.25, 0.3) is 0 Å². The summed E-state index contributed by atoms with van der Waals surface area (Å²) >= 11 is 0. The first kappa shape index (κ1) is 14.6. The van der Waals surface area contributed by atoms with E-state index in [-0.39, 0.29) is 12.3 Å². The van der Waals surface area contributed by atoms with Crippen LogP contribution in [-0.4, -0.2) is 49.4 Å². The zero-order valence-corrected chi connectivity index (χ0v) is 11.0. The Morgan fingerprint density at radius 1 is 1.24 bits per heavy atom. The molecule has 0 aliphatic rings. The Labute approximate surface area is 120 Å². The summed E-state index contributed by atoms with van der Waals surface area (Å²) < 4.78 is 1.22. The summed E-state index contributed by atoms with van der Waals surface area (Å²) in [5.41, 5.74) is 3.17. The Balaban J connectivity index is 1.89. The van der Waals surface area contributed by atoms with Gasteiger partial charge in [-0.1, -0.05) is 0 Å². The molecule has 0 aliphatic heterocycles. The van der Waals surface area contributed by atoms with Crippen LogP contribution in [0.4, 0.5) is 0 Å². The molecule has 0 radical (unpaired) electrons. The molecule has 2 amide bonds. The minimum atomic E-state index is -1.05. The third-order valence-electron chi connectivity index (χ3n) is 2.61. The van der Waals surface area contributed by atoms with E-state index >= 15 is 0 Å². The van der Waals surface area contributed by atoms with Gasteiger partial charge in [-0.15, -0.1) is 10.2 Å². The lowest BCUT2D eigenvalue weighted by Crippen LogP contribution is -2.48. The molecule has 0 aliphatic carbocycles. The standard InChI is InChI=1S/C12H14N6O3/c19-6-10(12(21)17-18-7-14-15-8-18)16-11(20)5-9-1-3-13-4-2-9/h1-4,7-8,10,19H,5-6H2,(H,16,20)(H,17,21)/t10-/m0/s1. The lowest BCUT2D eigenvalue weighted by atomic mass is 10.2. The fraction of sp³-hybridized carbons (Fsp3) is 0.250. The molecule has 2 aromatic rings. The van der Waals surface area contributed by atoms with E-state index in [4.69, 9.17) is 0 Å². The van der Waals surface area contributed by atoms with Gasteiger partial charge in [-0.3, -0.25) is 20.0 Å². The molecule has 0 saturated heterocycles. The summed E-state index contributed by atoms with van der Waals surface area (Å²) in [6, 6.07) is 2.34. The third-order valence-corrected chi connectivity index (χ3v) is 2.61. The van der Waals surface area contributed by atoms with Gasteiger partial charge in [-0.05, 0) is 17.7 Å². The number of rotatable bonds is 6. The minimum Gasteiger partial charge on any atom is -0.394 e. The molecule has 110 valence electrons. The van der Waals surface area contributed by atoms with Gasteiger partial charge in [0.1, 0.15) is 18.7 Å². The highest BCUT2D eigenvalue weighted by Crippen LogP contribution is 1.98. The van der Waals surface area contributed by atoms with Crippen molar-refractivity contribution in [3.05, 3.63) is 42.7 Å². The highest BCUT2D eigenvalue weighted by atomic mass is 16.3. The van der Waals surface area contributed by atoms with Crippen molar-refractivity contribution in [3.63, 3.8) is 0 Å². The average molecular weight is 290 g/mol. The normalized spacial score (nSPS) is 11.7. The molecular formula is C12H14N6O3. The highest BCUT2D eigenvalue weighted by Gasteiger charge is 2.20. The molecule has 2 rings (SSSR count). The zero-order valence-electron chi connectivity index (χ0n) is 11.0. The van der Waals surface area contributed by atoms with Gasteiger partial charge >= 0.3 is 0 Å². The van der Waals surface area contributed by atoms with E-state index < -0.39 is 18.6 Å². The van der Waals surface area contributed by atoms with E-state index in [9.17, 15) is 14.7 Å². The number of hydrogen-bond donors (Lipinski definition) is 3. The molecule has 0 aromatic carbocycles. The Morgan fingerprint density at radius 3 is 2.52 bits per heavy atom. The van der Waals surface area contributed by atoms with Crippen molar-refractivity contribution in [3.8, 4) is 0 Å². The quantitative estimate of drug-likeness (QED) is 0.593. The maximum absolute atomic E-state index is 11.9. The van der Waals surface area contributed by atoms with Crippen LogP contribution in [0.2, 0.25) is 0 Å². The number of aliphatic hydroxyl groups excluding tert-OH is 1. The number of aromatic nitrogens is 4. The largest absolute Gasteiger partial charge is 0.394 e. The van der Waals surface area contributed by atoms with Crippen LogP contribution in [0.5, 0.6) is 0 Å². The lowest BCUT2D eigenvalue weighted by Gasteiger charge is -2.16. The van der Waals surface area contributed by atoms with Crippen LogP contribution in [0.1, 0.15) is 5.56 Å². The van der Waals surface area contributed by atoms with Gasteiger partial charge in [-0.25, -0.2) is 4.68 Å². The number of aliphatic hydroxyl groups is 1. The second-order valence-corrected chi connectivity index (χ2v) is 4.18. The smallest absolute Gasteiger partial charge is 0.263 e. The van der Waals surface area contributed by atoms with Gasteiger partial charge in [0.25, 0.3) is 5.91 Å². The van der Waals surface area contributed by atoms with Crippen LogP contribution in [-0.2, 0) is 16.0 Å². The van der Waals surface area contributed by atoms with E-state index in [1.165, 1.54) is 17.3 Å². The monoisotopic (exact) mass is 290 g/mol. The first-order valence-electron chi connectivity index (χ1n) is 6.13. The third kappa shape index (κ3) is 4.35. The first-order chi connectivity index (χ1) is 10.2. The molecule has 2 aromatic heterocycles. The second kappa shape index (κ2) is 7.10. The predicted octanol–water partition coefficient (Wildman–Crippen LogP) is -1.54. The van der Waals surface area contributed by atoms with Crippen molar-refractivity contribution in [2.75, 3.05) is 12.0 Å². The Bertz CT molecular complexity index is 586. The van der Waals surface area contributed by atoms with Crippen molar-refractivity contribution in [2.24, 2.45) is 0 Å². The Hall–Kier alpha value is -2.81. The van der Waals surface area contributed by atoms with Gasteiger partial charge in [0.05, 0.1) is 13.0 Å². The fourth-order valence-corrected chi connectivity index (χ4v) is 1.59. The van der Waals surface area contributed by atoms with Crippen LogP contribution in [0, 0.1) is 0 Å². The average Bonchev–Trinajstić information content (AvgIpc) is 2.98. The van der Waals surface area contributed by atoms with E-state index in [0.29, 0.717) is 0 Å². The number of amides is 2. The van der Waals surface area contributed by atoms with Gasteiger partial charge < -0.3 is 10.4 Å². The van der Waals surface area contributed by atoms with E-state index in [1.54, 1.807) is 24.5 Å². The van der Waals surface area contributed by atoms with Gasteiger partial charge in [-0.2, -0.15) is 0 Å². The summed E-state index contributed by atoms with van der Waals surface area (Å²) in [5.74, 6) is -0.945. The van der Waals surface area contributed by atoms with Crippen LogP contribution in [0.3, 0.4) is 0 Å². The first-order valence-corrected chi connectivity index (χ1v) is 6.13. The molecular weight excluding hydrogens is 276 g/mol. The van der Waals surface area contributed by atoms with Crippen LogP contribution < -0.4 is 10.7 Å². The second-order valence-electron chi connectivity index (χ2n) is 4.18. The molecule has 9 nitrogen and oxygen atoms in total. The van der Waals surface area contributed by atoms with Gasteiger partial charge in [0.15, 0.2) is 0 Å². The molecule has 1 atom stereocenters. The predicted molar refractivity (Wildman–Crippen MR) is 71.3 cm³/mol. The summed E-state index contributed by atoms with van der Waals surface area (Å²) in [7, 11) is 0. The summed E-state index contributed by atoms with van der Waals surface area (Å²) in [5, 5.41) is 18.7.